The second kappa shape index (κ2) is 6.26. The largest absolute Gasteiger partial charge is 0.312 e. The average Bonchev–Trinajstić information content (AvgIpc) is 2.91. The molecule has 0 amide bonds. The van der Waals surface area contributed by atoms with Gasteiger partial charge in [0, 0.05) is 20.1 Å². The summed E-state index contributed by atoms with van der Waals surface area (Å²) in [5, 5.41) is 4.55. The van der Waals surface area contributed by atoms with Crippen LogP contribution in [0.2, 0.25) is 0 Å². The van der Waals surface area contributed by atoms with Gasteiger partial charge in [-0.2, -0.15) is 0 Å². The summed E-state index contributed by atoms with van der Waals surface area (Å²) in [5.41, 5.74) is 0.723. The van der Waals surface area contributed by atoms with Gasteiger partial charge in [-0.25, -0.2) is 4.39 Å². The Kier molecular flexibility index (Phi) is 4.38. The molecule has 1 aromatic heterocycles. The van der Waals surface area contributed by atoms with Gasteiger partial charge in [0.05, 0.1) is 0 Å². The normalized spacial score (nSPS) is 12.7. The second-order valence-electron chi connectivity index (χ2n) is 4.97. The molecule has 3 rings (SSSR count). The van der Waals surface area contributed by atoms with E-state index < -0.39 is 0 Å². The summed E-state index contributed by atoms with van der Waals surface area (Å²) >= 11 is 5.17. The Labute approximate surface area is 135 Å². The van der Waals surface area contributed by atoms with Crippen molar-refractivity contribution in [2.75, 3.05) is 7.05 Å². The molecule has 0 fully saturated rings. The van der Waals surface area contributed by atoms with Gasteiger partial charge >= 0.3 is 0 Å². The van der Waals surface area contributed by atoms with Gasteiger partial charge in [0.2, 0.25) is 0 Å². The lowest BCUT2D eigenvalue weighted by molar-refractivity contribution is 0.559. The van der Waals surface area contributed by atoms with Gasteiger partial charge < -0.3 is 5.32 Å². The summed E-state index contributed by atoms with van der Waals surface area (Å²) in [6.45, 7) is 0. The monoisotopic (exact) mass is 363 g/mol. The first-order chi connectivity index (χ1) is 10.2. The number of rotatable bonds is 4. The van der Waals surface area contributed by atoms with Gasteiger partial charge in [-0.05, 0) is 54.8 Å². The van der Waals surface area contributed by atoms with Crippen LogP contribution in [-0.2, 0) is 6.42 Å². The molecule has 1 heterocycles. The van der Waals surface area contributed by atoms with Crippen LogP contribution in [-0.4, -0.2) is 7.05 Å². The molecule has 1 nitrogen and oxygen atoms in total. The molecule has 1 N–H and O–H groups in total. The Bertz CT molecular complexity index is 735. The molecule has 108 valence electrons. The minimum absolute atomic E-state index is 0.117. The van der Waals surface area contributed by atoms with Gasteiger partial charge in [-0.3, -0.25) is 0 Å². The van der Waals surface area contributed by atoms with Crippen LogP contribution in [0.4, 0.5) is 4.39 Å². The Morgan fingerprint density at radius 3 is 2.76 bits per heavy atom. The molecule has 0 spiro atoms. The van der Waals surface area contributed by atoms with Crippen molar-refractivity contribution in [3.05, 3.63) is 69.3 Å². The first-order valence-corrected chi connectivity index (χ1v) is 8.38. The molecule has 0 saturated carbocycles. The summed E-state index contributed by atoms with van der Waals surface area (Å²) < 4.78 is 16.1. The number of nitrogens with one attached hydrogen (secondary N) is 1. The smallest absolute Gasteiger partial charge is 0.126 e. The average molecular weight is 364 g/mol. The van der Waals surface area contributed by atoms with E-state index in [-0.39, 0.29) is 11.9 Å². The fraction of sp³-hybridized carbons (Fsp3) is 0.176. The molecule has 0 saturated heterocycles. The number of fused-ring (bicyclic) bond motifs is 1. The van der Waals surface area contributed by atoms with E-state index in [2.05, 4.69) is 39.4 Å². The molecule has 0 aliphatic rings. The van der Waals surface area contributed by atoms with Gasteiger partial charge in [-0.15, -0.1) is 11.3 Å². The Balaban J connectivity index is 1.92. The molecule has 0 bridgehead atoms. The fourth-order valence-electron chi connectivity index (χ4n) is 2.44. The van der Waals surface area contributed by atoms with E-state index in [1.165, 1.54) is 21.0 Å². The van der Waals surface area contributed by atoms with Gasteiger partial charge in [-0.1, -0.05) is 34.1 Å². The molecule has 0 aliphatic heterocycles. The number of hydrogen-bond donors (Lipinski definition) is 1. The lowest BCUT2D eigenvalue weighted by atomic mass is 10.0. The van der Waals surface area contributed by atoms with Crippen LogP contribution in [0.1, 0.15) is 16.5 Å². The van der Waals surface area contributed by atoms with Crippen molar-refractivity contribution in [3.63, 3.8) is 0 Å². The number of halogens is 2. The van der Waals surface area contributed by atoms with E-state index in [0.29, 0.717) is 6.42 Å². The highest BCUT2D eigenvalue weighted by Gasteiger charge is 2.15. The second-order valence-corrected chi connectivity index (χ2v) is 7.00. The zero-order valence-electron chi connectivity index (χ0n) is 11.6. The third-order valence-corrected chi connectivity index (χ3v) is 5.29. The third kappa shape index (κ3) is 3.18. The fourth-order valence-corrected chi connectivity index (χ4v) is 4.02. The molecule has 4 heteroatoms. The molecule has 21 heavy (non-hydrogen) atoms. The van der Waals surface area contributed by atoms with Crippen LogP contribution in [0.3, 0.4) is 0 Å². The van der Waals surface area contributed by atoms with Gasteiger partial charge in [0.15, 0.2) is 0 Å². The Morgan fingerprint density at radius 1 is 1.19 bits per heavy atom. The number of hydrogen-bond acceptors (Lipinski definition) is 2. The van der Waals surface area contributed by atoms with E-state index in [1.54, 1.807) is 17.4 Å². The van der Waals surface area contributed by atoms with E-state index in [4.69, 9.17) is 0 Å². The van der Waals surface area contributed by atoms with E-state index in [1.807, 2.05) is 25.2 Å². The zero-order chi connectivity index (χ0) is 14.8. The Morgan fingerprint density at radius 2 is 2.00 bits per heavy atom. The summed E-state index contributed by atoms with van der Waals surface area (Å²) in [7, 11) is 1.92. The number of benzene rings is 2. The summed E-state index contributed by atoms with van der Waals surface area (Å²) in [4.78, 5) is 1.23. The van der Waals surface area contributed by atoms with E-state index in [9.17, 15) is 4.39 Å². The molecule has 1 unspecified atom stereocenters. The molecule has 1 atom stereocenters. The molecular formula is C17H15BrFNS. The quantitative estimate of drug-likeness (QED) is 0.662. The summed E-state index contributed by atoms with van der Waals surface area (Å²) in [5.74, 6) is -0.153. The van der Waals surface area contributed by atoms with Crippen molar-refractivity contribution in [1.82, 2.24) is 5.32 Å². The molecule has 2 aromatic carbocycles. The highest BCUT2D eigenvalue weighted by atomic mass is 79.9. The minimum Gasteiger partial charge on any atom is -0.312 e. The molecule has 0 radical (unpaired) electrons. The minimum atomic E-state index is -0.153. The van der Waals surface area contributed by atoms with Gasteiger partial charge in [0.25, 0.3) is 0 Å². The van der Waals surface area contributed by atoms with Crippen molar-refractivity contribution < 1.29 is 4.39 Å². The van der Waals surface area contributed by atoms with Crippen LogP contribution in [0.5, 0.6) is 0 Å². The van der Waals surface area contributed by atoms with E-state index >= 15 is 0 Å². The zero-order valence-corrected chi connectivity index (χ0v) is 14.0. The van der Waals surface area contributed by atoms with Crippen molar-refractivity contribution >= 4 is 37.4 Å². The van der Waals surface area contributed by atoms with Gasteiger partial charge in [0.1, 0.15) is 5.82 Å². The maximum atomic E-state index is 13.9. The van der Waals surface area contributed by atoms with Crippen molar-refractivity contribution in [1.29, 1.82) is 0 Å². The lowest BCUT2D eigenvalue weighted by Crippen LogP contribution is -2.18. The van der Waals surface area contributed by atoms with Crippen LogP contribution < -0.4 is 5.32 Å². The summed E-state index contributed by atoms with van der Waals surface area (Å²) in [6.07, 6.45) is 0.634. The number of thiophene rings is 1. The molecule has 3 aromatic rings. The van der Waals surface area contributed by atoms with E-state index in [0.717, 1.165) is 10.0 Å². The number of likely N-dealkylation sites (N-methyl/N-ethyl adjacent to an activating group) is 1. The third-order valence-electron chi connectivity index (χ3n) is 3.57. The van der Waals surface area contributed by atoms with Crippen LogP contribution in [0.25, 0.3) is 10.1 Å². The highest BCUT2D eigenvalue weighted by molar-refractivity contribution is 9.10. The first-order valence-electron chi connectivity index (χ1n) is 6.77. The maximum Gasteiger partial charge on any atom is 0.126 e. The first kappa shape index (κ1) is 14.7. The predicted molar refractivity (Wildman–Crippen MR) is 91.4 cm³/mol. The maximum absolute atomic E-state index is 13.9. The standard InChI is InChI=1S/C17H15BrFNS/c1-20-15(9-12-8-13(18)6-7-14(12)19)17-10-11-4-2-3-5-16(11)21-17/h2-8,10,15,20H,9H2,1H3. The summed E-state index contributed by atoms with van der Waals surface area (Å²) in [6, 6.07) is 15.7. The topological polar surface area (TPSA) is 12.0 Å². The van der Waals surface area contributed by atoms with Crippen molar-refractivity contribution in [2.24, 2.45) is 0 Å². The lowest BCUT2D eigenvalue weighted by Gasteiger charge is -2.15. The highest BCUT2D eigenvalue weighted by Crippen LogP contribution is 2.32. The molecular weight excluding hydrogens is 349 g/mol. The molecule has 0 aliphatic carbocycles. The van der Waals surface area contributed by atoms with Crippen LogP contribution in [0.15, 0.2) is 53.0 Å². The van der Waals surface area contributed by atoms with Crippen molar-refractivity contribution in [3.8, 4) is 0 Å². The Hall–Kier alpha value is -1.23. The van der Waals surface area contributed by atoms with Crippen molar-refractivity contribution in [2.45, 2.75) is 12.5 Å². The SMILES string of the molecule is CNC(Cc1cc(Br)ccc1F)c1cc2ccccc2s1. The van der Waals surface area contributed by atoms with Crippen LogP contribution >= 0.6 is 27.3 Å². The predicted octanol–water partition coefficient (Wildman–Crippen LogP) is 5.31. The van der Waals surface area contributed by atoms with Crippen LogP contribution in [0, 0.1) is 5.82 Å².